The number of carbonyl (C=O) groups is 1. The van der Waals surface area contributed by atoms with Gasteiger partial charge >= 0.3 is 0 Å². The summed E-state index contributed by atoms with van der Waals surface area (Å²) in [4.78, 5) is 12.9. The van der Waals surface area contributed by atoms with E-state index < -0.39 is 10.0 Å². The fourth-order valence-electron chi connectivity index (χ4n) is 4.60. The molecule has 0 saturated heterocycles. The zero-order valence-corrected chi connectivity index (χ0v) is 18.3. The molecule has 3 atom stereocenters. The molecule has 0 aromatic heterocycles. The molecule has 0 heterocycles. The van der Waals surface area contributed by atoms with Crippen molar-refractivity contribution in [1.29, 1.82) is 0 Å². The summed E-state index contributed by atoms with van der Waals surface area (Å²) in [5, 5.41) is 3.57. The summed E-state index contributed by atoms with van der Waals surface area (Å²) in [6.07, 6.45) is 4.53. The summed E-state index contributed by atoms with van der Waals surface area (Å²) in [6.45, 7) is -0.288. The lowest BCUT2D eigenvalue weighted by molar-refractivity contribution is -0.120. The minimum atomic E-state index is -3.96. The fraction of sp³-hybridized carbons (Fsp3) is 0.409. The Labute approximate surface area is 182 Å². The summed E-state index contributed by atoms with van der Waals surface area (Å²) >= 11 is 5.98. The monoisotopic (exact) mass is 448 g/mol. The van der Waals surface area contributed by atoms with Crippen molar-refractivity contribution in [3.05, 3.63) is 53.6 Å². The van der Waals surface area contributed by atoms with Gasteiger partial charge in [0, 0.05) is 11.1 Å². The zero-order chi connectivity index (χ0) is 21.3. The molecule has 2 aliphatic rings. The Balaban J connectivity index is 1.58. The highest BCUT2D eigenvalue weighted by molar-refractivity contribution is 7.92. The molecular weight excluding hydrogens is 424 g/mol. The summed E-state index contributed by atoms with van der Waals surface area (Å²) in [7, 11) is -2.44. The predicted molar refractivity (Wildman–Crippen MR) is 116 cm³/mol. The van der Waals surface area contributed by atoms with Crippen molar-refractivity contribution >= 4 is 33.2 Å². The lowest BCUT2D eigenvalue weighted by atomic mass is 9.95. The van der Waals surface area contributed by atoms with Gasteiger partial charge in [0.05, 0.1) is 17.7 Å². The molecule has 0 unspecified atom stereocenters. The second kappa shape index (κ2) is 8.47. The van der Waals surface area contributed by atoms with Crippen LogP contribution < -0.4 is 14.4 Å². The van der Waals surface area contributed by atoms with E-state index in [0.29, 0.717) is 28.3 Å². The van der Waals surface area contributed by atoms with Gasteiger partial charge in [-0.05, 0) is 79.6 Å². The maximum Gasteiger partial charge on any atom is 0.264 e. The van der Waals surface area contributed by atoms with Gasteiger partial charge in [-0.2, -0.15) is 0 Å². The van der Waals surface area contributed by atoms with Crippen LogP contribution in [-0.4, -0.2) is 34.0 Å². The Hall–Kier alpha value is -2.25. The first-order chi connectivity index (χ1) is 14.4. The number of nitrogens with one attached hydrogen (secondary N) is 1. The van der Waals surface area contributed by atoms with Gasteiger partial charge in [-0.25, -0.2) is 8.42 Å². The van der Waals surface area contributed by atoms with E-state index in [-0.39, 0.29) is 23.4 Å². The first-order valence-electron chi connectivity index (χ1n) is 10.1. The number of ether oxygens (including phenoxy) is 1. The number of hydrogen-bond donors (Lipinski definition) is 1. The maximum atomic E-state index is 13.4. The van der Waals surface area contributed by atoms with Crippen LogP contribution in [0.3, 0.4) is 0 Å². The minimum absolute atomic E-state index is 0.0889. The topological polar surface area (TPSA) is 75.7 Å². The third-order valence-corrected chi connectivity index (χ3v) is 8.17. The molecule has 2 aliphatic carbocycles. The molecule has 160 valence electrons. The minimum Gasteiger partial charge on any atom is -0.497 e. The van der Waals surface area contributed by atoms with E-state index in [1.54, 1.807) is 36.4 Å². The summed E-state index contributed by atoms with van der Waals surface area (Å²) in [5.74, 6) is 1.47. The SMILES string of the molecule is COc1ccc(S(=O)(=O)N(CC(=O)N[C@H]2C[C@@H]3CC[C@@H]2C3)c2ccc(Cl)cc2)cc1. The summed E-state index contributed by atoms with van der Waals surface area (Å²) in [5.41, 5.74) is 0.387. The van der Waals surface area contributed by atoms with Crippen molar-refractivity contribution in [3.8, 4) is 5.75 Å². The lowest BCUT2D eigenvalue weighted by Crippen LogP contribution is -2.45. The van der Waals surface area contributed by atoms with Crippen LogP contribution in [0.15, 0.2) is 53.4 Å². The standard InChI is InChI=1S/C22H25ClN2O4S/c1-29-19-8-10-20(11-9-19)30(27,28)25(18-6-4-17(23)5-7-18)14-22(26)24-21-13-15-2-3-16(21)12-15/h4-11,15-16,21H,2-3,12-14H2,1H3,(H,24,26)/t15-,16-,21+/m1/s1. The Morgan fingerprint density at radius 2 is 1.80 bits per heavy atom. The van der Waals surface area contributed by atoms with Crippen molar-refractivity contribution in [2.75, 3.05) is 18.0 Å². The van der Waals surface area contributed by atoms with Crippen molar-refractivity contribution in [1.82, 2.24) is 5.32 Å². The van der Waals surface area contributed by atoms with Crippen molar-refractivity contribution in [2.24, 2.45) is 11.8 Å². The molecule has 1 N–H and O–H groups in total. The molecular formula is C22H25ClN2O4S. The quantitative estimate of drug-likeness (QED) is 0.698. The van der Waals surface area contributed by atoms with Gasteiger partial charge in [0.15, 0.2) is 0 Å². The molecule has 0 aliphatic heterocycles. The Morgan fingerprint density at radius 3 is 2.37 bits per heavy atom. The molecule has 1 amide bonds. The highest BCUT2D eigenvalue weighted by Gasteiger charge is 2.40. The number of hydrogen-bond acceptors (Lipinski definition) is 4. The van der Waals surface area contributed by atoms with Gasteiger partial charge in [0.2, 0.25) is 5.91 Å². The molecule has 0 spiro atoms. The normalized spacial score (nSPS) is 22.7. The second-order valence-electron chi connectivity index (χ2n) is 8.01. The number of nitrogens with zero attached hydrogens (tertiary/aromatic N) is 1. The number of methoxy groups -OCH3 is 1. The van der Waals surface area contributed by atoms with Crippen LogP contribution in [0.2, 0.25) is 5.02 Å². The average molecular weight is 449 g/mol. The predicted octanol–water partition coefficient (Wildman–Crippen LogP) is 3.85. The molecule has 4 rings (SSSR count). The number of carbonyl (C=O) groups excluding carboxylic acids is 1. The molecule has 2 fully saturated rings. The first-order valence-corrected chi connectivity index (χ1v) is 11.9. The van der Waals surface area contributed by atoms with Crippen LogP contribution in [0.1, 0.15) is 25.7 Å². The fourth-order valence-corrected chi connectivity index (χ4v) is 6.15. The van der Waals surface area contributed by atoms with E-state index in [2.05, 4.69) is 5.32 Å². The highest BCUT2D eigenvalue weighted by Crippen LogP contribution is 2.44. The van der Waals surface area contributed by atoms with E-state index >= 15 is 0 Å². The van der Waals surface area contributed by atoms with Crippen LogP contribution in [0, 0.1) is 11.8 Å². The number of amides is 1. The van der Waals surface area contributed by atoms with Crippen molar-refractivity contribution < 1.29 is 17.9 Å². The van der Waals surface area contributed by atoms with Gasteiger partial charge in [0.1, 0.15) is 12.3 Å². The number of benzene rings is 2. The molecule has 30 heavy (non-hydrogen) atoms. The molecule has 2 aromatic rings. The number of rotatable bonds is 7. The molecule has 6 nitrogen and oxygen atoms in total. The molecule has 0 radical (unpaired) electrons. The van der Waals surface area contributed by atoms with Gasteiger partial charge in [-0.15, -0.1) is 0 Å². The van der Waals surface area contributed by atoms with E-state index in [0.717, 1.165) is 23.6 Å². The van der Waals surface area contributed by atoms with Gasteiger partial charge in [-0.1, -0.05) is 18.0 Å². The third-order valence-electron chi connectivity index (χ3n) is 6.13. The number of sulfonamides is 1. The molecule has 2 bridgehead atoms. The van der Waals surface area contributed by atoms with Crippen molar-refractivity contribution in [3.63, 3.8) is 0 Å². The average Bonchev–Trinajstić information content (AvgIpc) is 3.36. The van der Waals surface area contributed by atoms with Crippen LogP contribution in [0.5, 0.6) is 5.75 Å². The number of fused-ring (bicyclic) bond motifs is 2. The third kappa shape index (κ3) is 4.27. The van der Waals surface area contributed by atoms with Crippen LogP contribution in [0.4, 0.5) is 5.69 Å². The molecule has 2 saturated carbocycles. The Kier molecular flexibility index (Phi) is 5.93. The Bertz CT molecular complexity index is 1010. The maximum absolute atomic E-state index is 13.4. The highest BCUT2D eigenvalue weighted by atomic mass is 35.5. The van der Waals surface area contributed by atoms with Crippen LogP contribution >= 0.6 is 11.6 Å². The van der Waals surface area contributed by atoms with Gasteiger partial charge in [-0.3, -0.25) is 9.10 Å². The number of anilines is 1. The smallest absolute Gasteiger partial charge is 0.264 e. The van der Waals surface area contributed by atoms with Crippen LogP contribution in [-0.2, 0) is 14.8 Å². The van der Waals surface area contributed by atoms with E-state index in [1.807, 2.05) is 0 Å². The largest absolute Gasteiger partial charge is 0.497 e. The second-order valence-corrected chi connectivity index (χ2v) is 10.3. The Morgan fingerprint density at radius 1 is 1.10 bits per heavy atom. The molecule has 2 aromatic carbocycles. The van der Waals surface area contributed by atoms with E-state index in [9.17, 15) is 13.2 Å². The first kappa shape index (κ1) is 21.0. The van der Waals surface area contributed by atoms with E-state index in [1.165, 1.54) is 25.7 Å². The summed E-state index contributed by atoms with van der Waals surface area (Å²) in [6, 6.07) is 12.7. The van der Waals surface area contributed by atoms with Gasteiger partial charge < -0.3 is 10.1 Å². The van der Waals surface area contributed by atoms with E-state index in [4.69, 9.17) is 16.3 Å². The summed E-state index contributed by atoms with van der Waals surface area (Å²) < 4.78 is 33.0. The van der Waals surface area contributed by atoms with Gasteiger partial charge in [0.25, 0.3) is 10.0 Å². The van der Waals surface area contributed by atoms with Crippen molar-refractivity contribution in [2.45, 2.75) is 36.6 Å². The zero-order valence-electron chi connectivity index (χ0n) is 16.8. The number of halogens is 1. The lowest BCUT2D eigenvalue weighted by Gasteiger charge is -2.27. The molecule has 8 heteroatoms. The van der Waals surface area contributed by atoms with Crippen LogP contribution in [0.25, 0.3) is 0 Å².